The largest absolute Gasteiger partial charge is 0.497 e. The average molecular weight is 366 g/mol. The molecule has 0 saturated carbocycles. The van der Waals surface area contributed by atoms with E-state index in [1.165, 1.54) is 0 Å². The number of benzene rings is 1. The fraction of sp³-hybridized carbons (Fsp3) is 0.353. The molecule has 0 spiro atoms. The molecule has 1 unspecified atom stereocenters. The summed E-state index contributed by atoms with van der Waals surface area (Å²) >= 11 is 3.42. The molecule has 0 bridgehead atoms. The second kappa shape index (κ2) is 7.01. The third-order valence-corrected chi connectivity index (χ3v) is 4.60. The van der Waals surface area contributed by atoms with Crippen LogP contribution in [0.15, 0.2) is 33.2 Å². The van der Waals surface area contributed by atoms with Gasteiger partial charge in [-0.25, -0.2) is 0 Å². The van der Waals surface area contributed by atoms with Crippen LogP contribution >= 0.6 is 15.9 Å². The second-order valence-corrected chi connectivity index (χ2v) is 5.90. The molecule has 0 saturated heterocycles. The van der Waals surface area contributed by atoms with E-state index in [2.05, 4.69) is 21.2 Å². The predicted octanol–water partition coefficient (Wildman–Crippen LogP) is 4.55. The van der Waals surface area contributed by atoms with Crippen LogP contribution in [0, 0.1) is 13.8 Å². The number of aryl methyl sites for hydroxylation is 2. The van der Waals surface area contributed by atoms with Gasteiger partial charge in [0.2, 0.25) is 0 Å². The van der Waals surface area contributed by atoms with E-state index in [0.717, 1.165) is 17.7 Å². The maximum absolute atomic E-state index is 12.5. The molecule has 1 atom stereocenters. The number of rotatable bonds is 5. The molecule has 22 heavy (non-hydrogen) atoms. The van der Waals surface area contributed by atoms with Gasteiger partial charge in [-0.15, -0.1) is 0 Å². The highest BCUT2D eigenvalue weighted by molar-refractivity contribution is 9.10. The van der Waals surface area contributed by atoms with E-state index >= 15 is 0 Å². The Morgan fingerprint density at radius 1 is 1.27 bits per heavy atom. The Balaban J connectivity index is 2.20. The third kappa shape index (κ3) is 3.35. The van der Waals surface area contributed by atoms with Crippen LogP contribution in [0.2, 0.25) is 0 Å². The summed E-state index contributed by atoms with van der Waals surface area (Å²) in [6, 6.07) is 7.67. The summed E-state index contributed by atoms with van der Waals surface area (Å²) in [5.41, 5.74) is 1.61. The first kappa shape index (κ1) is 16.6. The molecule has 5 heteroatoms. The zero-order valence-electron chi connectivity index (χ0n) is 13.2. The van der Waals surface area contributed by atoms with Crippen molar-refractivity contribution in [2.24, 2.45) is 0 Å². The van der Waals surface area contributed by atoms with Gasteiger partial charge in [-0.3, -0.25) is 4.79 Å². The highest BCUT2D eigenvalue weighted by atomic mass is 79.9. The lowest BCUT2D eigenvalue weighted by Gasteiger charge is -2.18. The Morgan fingerprint density at radius 2 is 1.91 bits per heavy atom. The molecule has 1 aromatic heterocycles. The van der Waals surface area contributed by atoms with E-state index in [1.807, 2.05) is 38.1 Å². The summed E-state index contributed by atoms with van der Waals surface area (Å²) in [4.78, 5) is 12.5. The highest BCUT2D eigenvalue weighted by Crippen LogP contribution is 2.28. The second-order valence-electron chi connectivity index (χ2n) is 5.11. The number of methoxy groups -OCH3 is 1. The molecule has 2 rings (SSSR count). The third-order valence-electron chi connectivity index (χ3n) is 3.65. The van der Waals surface area contributed by atoms with Gasteiger partial charge in [-0.2, -0.15) is 0 Å². The van der Waals surface area contributed by atoms with Gasteiger partial charge in [-0.1, -0.05) is 19.1 Å². The normalized spacial score (nSPS) is 12.0. The summed E-state index contributed by atoms with van der Waals surface area (Å²) in [5.74, 6) is 1.99. The van der Waals surface area contributed by atoms with Crippen LogP contribution in [0.25, 0.3) is 0 Å². The van der Waals surface area contributed by atoms with Gasteiger partial charge in [0.15, 0.2) is 0 Å². The fourth-order valence-electron chi connectivity index (χ4n) is 2.40. The first-order chi connectivity index (χ1) is 10.5. The molecule has 1 N–H and O–H groups in total. The Kier molecular flexibility index (Phi) is 5.29. The minimum atomic E-state index is -0.135. The molecule has 0 fully saturated rings. The number of halogens is 1. The first-order valence-electron chi connectivity index (χ1n) is 7.18. The van der Waals surface area contributed by atoms with E-state index in [9.17, 15) is 4.79 Å². The zero-order chi connectivity index (χ0) is 16.3. The van der Waals surface area contributed by atoms with Crippen molar-refractivity contribution in [2.75, 3.05) is 7.11 Å². The van der Waals surface area contributed by atoms with Gasteiger partial charge in [0.05, 0.1) is 23.2 Å². The Hall–Kier alpha value is -1.75. The molecular weight excluding hydrogens is 346 g/mol. The quantitative estimate of drug-likeness (QED) is 0.845. The van der Waals surface area contributed by atoms with Gasteiger partial charge in [0.25, 0.3) is 5.91 Å². The number of carbonyl (C=O) groups excluding carboxylic acids is 1. The van der Waals surface area contributed by atoms with Crippen molar-refractivity contribution in [3.8, 4) is 5.75 Å². The van der Waals surface area contributed by atoms with Crippen molar-refractivity contribution < 1.29 is 13.9 Å². The minimum Gasteiger partial charge on any atom is -0.497 e. The summed E-state index contributed by atoms with van der Waals surface area (Å²) in [7, 11) is 1.63. The number of ether oxygens (including phenoxy) is 1. The SMILES string of the molecule is CCC(NC(=O)c1c(C)oc(C)c1Br)c1ccc(OC)cc1. The molecule has 1 aromatic carbocycles. The topological polar surface area (TPSA) is 51.5 Å². The lowest BCUT2D eigenvalue weighted by atomic mass is 10.0. The van der Waals surface area contributed by atoms with Crippen molar-refractivity contribution in [1.82, 2.24) is 5.32 Å². The van der Waals surface area contributed by atoms with Gasteiger partial charge in [0, 0.05) is 0 Å². The van der Waals surface area contributed by atoms with E-state index in [-0.39, 0.29) is 11.9 Å². The van der Waals surface area contributed by atoms with Crippen molar-refractivity contribution in [1.29, 1.82) is 0 Å². The molecule has 1 heterocycles. The molecule has 1 amide bonds. The monoisotopic (exact) mass is 365 g/mol. The number of furan rings is 1. The highest BCUT2D eigenvalue weighted by Gasteiger charge is 2.22. The van der Waals surface area contributed by atoms with Crippen LogP contribution in [0.1, 0.15) is 46.8 Å². The average Bonchev–Trinajstić information content (AvgIpc) is 2.77. The smallest absolute Gasteiger partial charge is 0.256 e. The van der Waals surface area contributed by atoms with E-state index < -0.39 is 0 Å². The lowest BCUT2D eigenvalue weighted by molar-refractivity contribution is 0.0933. The predicted molar refractivity (Wildman–Crippen MR) is 89.4 cm³/mol. The Bertz CT molecular complexity index is 661. The van der Waals surface area contributed by atoms with Crippen LogP contribution in [0.4, 0.5) is 0 Å². The molecule has 2 aromatic rings. The van der Waals surface area contributed by atoms with Gasteiger partial charge in [0.1, 0.15) is 17.3 Å². The van der Waals surface area contributed by atoms with Crippen LogP contribution < -0.4 is 10.1 Å². The summed E-state index contributed by atoms with van der Waals surface area (Å²) < 4.78 is 11.4. The zero-order valence-corrected chi connectivity index (χ0v) is 14.8. The van der Waals surface area contributed by atoms with E-state index in [0.29, 0.717) is 21.6 Å². The molecule has 118 valence electrons. The summed E-state index contributed by atoms with van der Waals surface area (Å²) in [6.07, 6.45) is 0.797. The van der Waals surface area contributed by atoms with Crippen molar-refractivity contribution in [3.05, 3.63) is 51.4 Å². The van der Waals surface area contributed by atoms with E-state index in [4.69, 9.17) is 9.15 Å². The lowest BCUT2D eigenvalue weighted by Crippen LogP contribution is -2.28. The maximum Gasteiger partial charge on any atom is 0.256 e. The van der Waals surface area contributed by atoms with Crippen LogP contribution in [-0.4, -0.2) is 13.0 Å². The van der Waals surface area contributed by atoms with Gasteiger partial charge >= 0.3 is 0 Å². The molecular formula is C17H20BrNO3. The van der Waals surface area contributed by atoms with Crippen LogP contribution in [0.3, 0.4) is 0 Å². The number of hydrogen-bond acceptors (Lipinski definition) is 3. The van der Waals surface area contributed by atoms with Crippen molar-refractivity contribution >= 4 is 21.8 Å². The molecule has 0 aliphatic heterocycles. The van der Waals surface area contributed by atoms with Crippen molar-refractivity contribution in [2.45, 2.75) is 33.2 Å². The molecule has 0 aliphatic rings. The summed E-state index contributed by atoms with van der Waals surface area (Å²) in [5, 5.41) is 3.06. The molecule has 0 aliphatic carbocycles. The number of amides is 1. The summed E-state index contributed by atoms with van der Waals surface area (Å²) in [6.45, 7) is 5.66. The van der Waals surface area contributed by atoms with Crippen molar-refractivity contribution in [3.63, 3.8) is 0 Å². The standard InChI is InChI=1S/C17H20BrNO3/c1-5-14(12-6-8-13(21-4)9-7-12)19-17(20)15-10(2)22-11(3)16(15)18/h6-9,14H,5H2,1-4H3,(H,19,20). The molecule has 0 radical (unpaired) electrons. The molecule has 4 nitrogen and oxygen atoms in total. The van der Waals surface area contributed by atoms with Gasteiger partial charge in [-0.05, 0) is 53.9 Å². The number of hydrogen-bond donors (Lipinski definition) is 1. The minimum absolute atomic E-state index is 0.0556. The maximum atomic E-state index is 12.5. The first-order valence-corrected chi connectivity index (χ1v) is 7.97. The number of carbonyl (C=O) groups is 1. The number of nitrogens with one attached hydrogen (secondary N) is 1. The van der Waals surface area contributed by atoms with E-state index in [1.54, 1.807) is 14.0 Å². The Labute approximate surface area is 139 Å². The Morgan fingerprint density at radius 3 is 2.36 bits per heavy atom. The van der Waals surface area contributed by atoms with Gasteiger partial charge < -0.3 is 14.5 Å². The van der Waals surface area contributed by atoms with Crippen LogP contribution in [0.5, 0.6) is 5.75 Å². The van der Waals surface area contributed by atoms with Crippen LogP contribution in [-0.2, 0) is 0 Å². The fourth-order valence-corrected chi connectivity index (χ4v) is 2.94.